The molecule has 1 saturated heterocycles. The number of aliphatic hydroxyl groups is 2. The molecule has 56 heavy (non-hydrogen) atoms. The van der Waals surface area contributed by atoms with Gasteiger partial charge in [0, 0.05) is 12.8 Å². The number of esters is 2. The van der Waals surface area contributed by atoms with Gasteiger partial charge in [0.1, 0.15) is 12.7 Å². The number of carbonyl (C=O) groups is 2. The molecular weight excluding hydrogens is 735 g/mol. The highest BCUT2D eigenvalue weighted by Gasteiger charge is 2.36. The highest BCUT2D eigenvalue weighted by atomic mass is 31.2. The van der Waals surface area contributed by atoms with E-state index in [-0.39, 0.29) is 31.7 Å². The molecule has 0 aromatic rings. The minimum atomic E-state index is -4.65. The number of aliphatic hydroxyl groups excluding tert-OH is 2. The number of ether oxygens (including phenoxy) is 3. The highest BCUT2D eigenvalue weighted by Crippen LogP contribution is 2.43. The van der Waals surface area contributed by atoms with Gasteiger partial charge >= 0.3 is 19.8 Å². The van der Waals surface area contributed by atoms with Crippen LogP contribution in [0.3, 0.4) is 0 Å². The summed E-state index contributed by atoms with van der Waals surface area (Å²) >= 11 is 0. The number of hydrogen-bond donors (Lipinski definition) is 3. The minimum Gasteiger partial charge on any atom is -0.462 e. The van der Waals surface area contributed by atoms with Gasteiger partial charge in [0.15, 0.2) is 6.10 Å². The van der Waals surface area contributed by atoms with Gasteiger partial charge in [-0.25, -0.2) is 4.57 Å². The lowest BCUT2D eigenvalue weighted by Crippen LogP contribution is -2.29. The van der Waals surface area contributed by atoms with Crippen LogP contribution in [-0.2, 0) is 37.4 Å². The molecule has 3 unspecified atom stereocenters. The molecule has 0 aromatic heterocycles. The molecule has 1 fully saturated rings. The Bertz CT molecular complexity index is 1230. The SMILES string of the molecule is CC/C=C\C/C=C\C/C=C\CCCCCCCC(=O)OC[C@H](COP(=O)(O)OC[C@@H](O)CO)OC(=O)CCC/C=C\CC1OC1C/C=C\C/C=C\CCCCC. The summed E-state index contributed by atoms with van der Waals surface area (Å²) in [6.45, 7) is 2.12. The van der Waals surface area contributed by atoms with Crippen molar-refractivity contribution in [2.45, 2.75) is 167 Å². The van der Waals surface area contributed by atoms with Gasteiger partial charge in [-0.2, -0.15) is 0 Å². The summed E-state index contributed by atoms with van der Waals surface area (Å²) < 4.78 is 38.4. The van der Waals surface area contributed by atoms with E-state index >= 15 is 0 Å². The zero-order valence-electron chi connectivity index (χ0n) is 34.3. The molecule has 1 heterocycles. The maximum atomic E-state index is 12.6. The summed E-state index contributed by atoms with van der Waals surface area (Å²) in [7, 11) is -4.65. The first-order valence-corrected chi connectivity index (χ1v) is 22.5. The van der Waals surface area contributed by atoms with Crippen molar-refractivity contribution >= 4 is 19.8 Å². The van der Waals surface area contributed by atoms with Gasteiger partial charge in [-0.3, -0.25) is 18.6 Å². The van der Waals surface area contributed by atoms with Crippen LogP contribution in [0.2, 0.25) is 0 Å². The molecule has 5 atom stereocenters. The predicted molar refractivity (Wildman–Crippen MR) is 223 cm³/mol. The lowest BCUT2D eigenvalue weighted by atomic mass is 10.1. The van der Waals surface area contributed by atoms with Crippen LogP contribution in [0.25, 0.3) is 0 Å². The normalized spacial score (nSPS) is 18.2. The smallest absolute Gasteiger partial charge is 0.462 e. The quantitative estimate of drug-likeness (QED) is 0.0180. The fourth-order valence-corrected chi connectivity index (χ4v) is 6.18. The zero-order valence-corrected chi connectivity index (χ0v) is 35.2. The first-order chi connectivity index (χ1) is 27.2. The number of phosphoric acid groups is 1. The van der Waals surface area contributed by atoms with Gasteiger partial charge in [0.25, 0.3) is 0 Å². The molecule has 0 radical (unpaired) electrons. The van der Waals surface area contributed by atoms with E-state index < -0.39 is 51.8 Å². The highest BCUT2D eigenvalue weighted by molar-refractivity contribution is 7.47. The Morgan fingerprint density at radius 3 is 1.82 bits per heavy atom. The molecule has 320 valence electrons. The molecule has 0 spiro atoms. The van der Waals surface area contributed by atoms with Crippen LogP contribution >= 0.6 is 7.82 Å². The molecule has 0 amide bonds. The summed E-state index contributed by atoms with van der Waals surface area (Å²) in [4.78, 5) is 35.0. The van der Waals surface area contributed by atoms with E-state index in [1.165, 1.54) is 19.3 Å². The molecule has 0 aliphatic carbocycles. The number of epoxide rings is 1. The number of unbranched alkanes of at least 4 members (excludes halogenated alkanes) is 9. The largest absolute Gasteiger partial charge is 0.472 e. The van der Waals surface area contributed by atoms with Gasteiger partial charge in [-0.15, -0.1) is 0 Å². The van der Waals surface area contributed by atoms with Crippen molar-refractivity contribution in [1.82, 2.24) is 0 Å². The van der Waals surface area contributed by atoms with Gasteiger partial charge in [-0.05, 0) is 83.5 Å². The Hall–Kier alpha value is -2.63. The standard InChI is InChI=1S/C44H73O11P/c1-3-5-7-9-11-13-14-15-16-17-18-20-22-24-29-33-43(47)51-37-40(38-53-56(49,50)52-36-39(46)35-45)54-44(48)34-30-26-25-28-32-42-41(55-42)31-27-23-21-19-12-10-8-6-4-2/h5,7,11-13,15-16,19,23,25,27-28,39-42,45-46H,3-4,6,8-10,14,17-18,20-22,24,26,29-38H2,1-2H3,(H,49,50)/b7-5-,13-11-,16-15-,19-12-,27-23-,28-25-/t39-,40+,41?,42?/m0/s1. The number of rotatable bonds is 37. The first kappa shape index (κ1) is 51.4. The maximum Gasteiger partial charge on any atom is 0.472 e. The molecule has 3 N–H and O–H groups in total. The molecule has 11 nitrogen and oxygen atoms in total. The average molecular weight is 809 g/mol. The van der Waals surface area contributed by atoms with Crippen molar-refractivity contribution < 1.29 is 52.5 Å². The fraction of sp³-hybridized carbons (Fsp3) is 0.682. The molecule has 1 aliphatic rings. The van der Waals surface area contributed by atoms with Crippen molar-refractivity contribution in [3.63, 3.8) is 0 Å². The van der Waals surface area contributed by atoms with Crippen LogP contribution in [0, 0.1) is 0 Å². The number of allylic oxidation sites excluding steroid dienone is 10. The topological polar surface area (TPSA) is 161 Å². The van der Waals surface area contributed by atoms with Gasteiger partial charge < -0.3 is 29.3 Å². The molecule has 1 rings (SSSR count). The minimum absolute atomic E-state index is 0.0922. The summed E-state index contributed by atoms with van der Waals surface area (Å²) in [5.41, 5.74) is 0. The summed E-state index contributed by atoms with van der Waals surface area (Å²) in [5.74, 6) is -1.03. The first-order valence-electron chi connectivity index (χ1n) is 21.0. The molecule has 0 saturated carbocycles. The van der Waals surface area contributed by atoms with E-state index in [1.54, 1.807) is 0 Å². The Morgan fingerprint density at radius 1 is 0.643 bits per heavy atom. The van der Waals surface area contributed by atoms with Crippen molar-refractivity contribution in [1.29, 1.82) is 0 Å². The van der Waals surface area contributed by atoms with Crippen LogP contribution in [0.5, 0.6) is 0 Å². The second-order valence-electron chi connectivity index (χ2n) is 14.0. The van der Waals surface area contributed by atoms with E-state index in [0.29, 0.717) is 19.3 Å². The summed E-state index contributed by atoms with van der Waals surface area (Å²) in [6, 6.07) is 0. The van der Waals surface area contributed by atoms with Crippen molar-refractivity contribution in [2.75, 3.05) is 26.4 Å². The van der Waals surface area contributed by atoms with E-state index in [1.807, 2.05) is 6.08 Å². The van der Waals surface area contributed by atoms with Gasteiger partial charge in [0.2, 0.25) is 0 Å². The third-order valence-electron chi connectivity index (χ3n) is 8.75. The monoisotopic (exact) mass is 808 g/mol. The Labute approximate surface area is 337 Å². The second-order valence-corrected chi connectivity index (χ2v) is 15.5. The number of phosphoric ester groups is 1. The maximum absolute atomic E-state index is 12.6. The number of carbonyl (C=O) groups excluding carboxylic acids is 2. The molecule has 0 bridgehead atoms. The predicted octanol–water partition coefficient (Wildman–Crippen LogP) is 9.87. The average Bonchev–Trinajstić information content (AvgIpc) is 3.94. The van der Waals surface area contributed by atoms with Crippen molar-refractivity contribution in [3.05, 3.63) is 72.9 Å². The molecule has 1 aliphatic heterocycles. The van der Waals surface area contributed by atoms with Crippen LogP contribution in [0.15, 0.2) is 72.9 Å². The summed E-state index contributed by atoms with van der Waals surface area (Å²) in [5, 5.41) is 18.3. The summed E-state index contributed by atoms with van der Waals surface area (Å²) in [6.07, 6.45) is 41.8. The van der Waals surface area contributed by atoms with Crippen LogP contribution < -0.4 is 0 Å². The lowest BCUT2D eigenvalue weighted by molar-refractivity contribution is -0.161. The Morgan fingerprint density at radius 2 is 1.16 bits per heavy atom. The molecular formula is C44H73O11P. The van der Waals surface area contributed by atoms with Gasteiger partial charge in [0.05, 0.1) is 32.0 Å². The number of hydrogen-bond acceptors (Lipinski definition) is 10. The third-order valence-corrected chi connectivity index (χ3v) is 9.70. The van der Waals surface area contributed by atoms with E-state index in [0.717, 1.165) is 77.0 Å². The molecule has 0 aromatic carbocycles. The van der Waals surface area contributed by atoms with Crippen LogP contribution in [-0.4, -0.2) is 77.9 Å². The van der Waals surface area contributed by atoms with E-state index in [4.69, 9.17) is 23.8 Å². The Balaban J connectivity index is 2.34. The van der Waals surface area contributed by atoms with Crippen LogP contribution in [0.4, 0.5) is 0 Å². The van der Waals surface area contributed by atoms with E-state index in [9.17, 15) is 24.2 Å². The van der Waals surface area contributed by atoms with Gasteiger partial charge in [-0.1, -0.05) is 119 Å². The van der Waals surface area contributed by atoms with Crippen LogP contribution in [0.1, 0.15) is 142 Å². The zero-order chi connectivity index (χ0) is 41.0. The molecule has 12 heteroatoms. The Kier molecular flexibility index (Phi) is 32.6. The fourth-order valence-electron chi connectivity index (χ4n) is 5.39. The van der Waals surface area contributed by atoms with E-state index in [2.05, 4.69) is 85.2 Å². The van der Waals surface area contributed by atoms with Crippen molar-refractivity contribution in [3.8, 4) is 0 Å². The third kappa shape index (κ3) is 32.5. The van der Waals surface area contributed by atoms with Crippen molar-refractivity contribution in [2.24, 2.45) is 0 Å². The lowest BCUT2D eigenvalue weighted by Gasteiger charge is -2.20. The second kappa shape index (κ2) is 35.5.